The molecule has 2 aromatic rings. The minimum Gasteiger partial charge on any atom is -0.377 e. The van der Waals surface area contributed by atoms with Crippen LogP contribution in [0.5, 0.6) is 0 Å². The van der Waals surface area contributed by atoms with E-state index >= 15 is 0 Å². The number of carbonyl (C=O) groups is 2. The molecular formula is C22H21ClFN3O3. The summed E-state index contributed by atoms with van der Waals surface area (Å²) in [5.41, 5.74) is 0.990. The number of fused-ring (bicyclic) bond motifs is 1. The normalized spacial score (nSPS) is 18.1. The summed E-state index contributed by atoms with van der Waals surface area (Å²) in [6.45, 7) is 2.72. The lowest BCUT2D eigenvalue weighted by Gasteiger charge is -2.27. The topological polar surface area (TPSA) is 94.2 Å². The number of H-pyrrole nitrogens is 1. The summed E-state index contributed by atoms with van der Waals surface area (Å²) >= 11 is 0. The summed E-state index contributed by atoms with van der Waals surface area (Å²) in [5, 5.41) is 16.5. The molecule has 8 heteroatoms. The highest BCUT2D eigenvalue weighted by Gasteiger charge is 2.30. The van der Waals surface area contributed by atoms with E-state index in [0.717, 1.165) is 0 Å². The van der Waals surface area contributed by atoms with Crippen LogP contribution >= 0.6 is 12.4 Å². The van der Waals surface area contributed by atoms with Crippen molar-refractivity contribution in [2.45, 2.75) is 25.4 Å². The Hall–Kier alpha value is -2.92. The Bertz CT molecular complexity index is 1100. The van der Waals surface area contributed by atoms with Gasteiger partial charge in [-0.1, -0.05) is 11.8 Å². The van der Waals surface area contributed by atoms with Gasteiger partial charge in [-0.2, -0.15) is 0 Å². The van der Waals surface area contributed by atoms with Gasteiger partial charge in [0.1, 0.15) is 11.4 Å². The third-order valence-corrected chi connectivity index (χ3v) is 5.18. The van der Waals surface area contributed by atoms with E-state index in [-0.39, 0.29) is 35.2 Å². The highest BCUT2D eigenvalue weighted by Crippen LogP contribution is 2.37. The molecule has 4 rings (SSSR count). The lowest BCUT2D eigenvalue weighted by molar-refractivity contribution is -0.110. The Kier molecular flexibility index (Phi) is 6.13. The maximum atomic E-state index is 14.7. The van der Waals surface area contributed by atoms with Crippen molar-refractivity contribution < 1.29 is 19.1 Å². The third-order valence-electron chi connectivity index (χ3n) is 5.18. The molecule has 1 fully saturated rings. The summed E-state index contributed by atoms with van der Waals surface area (Å²) in [5.74, 6) is 4.55. The summed E-state index contributed by atoms with van der Waals surface area (Å²) in [6, 6.07) is 4.37. The van der Waals surface area contributed by atoms with Gasteiger partial charge in [0, 0.05) is 23.0 Å². The molecule has 0 atom stereocenters. The Morgan fingerprint density at radius 1 is 1.30 bits per heavy atom. The van der Waals surface area contributed by atoms with E-state index in [1.165, 1.54) is 19.1 Å². The lowest BCUT2D eigenvalue weighted by Crippen LogP contribution is -2.40. The first-order valence-corrected chi connectivity index (χ1v) is 9.38. The Balaban J connectivity index is 0.00000256. The fraction of sp³-hybridized carbons (Fsp3) is 0.273. The highest BCUT2D eigenvalue weighted by molar-refractivity contribution is 6.35. The van der Waals surface area contributed by atoms with Crippen molar-refractivity contribution in [1.82, 2.24) is 10.3 Å². The van der Waals surface area contributed by atoms with E-state index in [1.54, 1.807) is 18.3 Å². The molecule has 2 aliphatic heterocycles. The van der Waals surface area contributed by atoms with Crippen molar-refractivity contribution in [1.29, 1.82) is 0 Å². The number of hydrogen-bond acceptors (Lipinski definition) is 4. The van der Waals surface area contributed by atoms with Crippen LogP contribution in [0.4, 0.5) is 10.1 Å². The fourth-order valence-corrected chi connectivity index (χ4v) is 3.52. The molecule has 0 unspecified atom stereocenters. The zero-order valence-corrected chi connectivity index (χ0v) is 17.1. The molecule has 1 aromatic heterocycles. The number of Topliss-reactive ketones (excluding diaryl/α,β-unsaturated/α-hetero) is 1. The van der Waals surface area contributed by atoms with E-state index in [0.29, 0.717) is 48.4 Å². The van der Waals surface area contributed by atoms with Crippen LogP contribution < -0.4 is 10.6 Å². The van der Waals surface area contributed by atoms with E-state index < -0.39 is 11.4 Å². The molecule has 30 heavy (non-hydrogen) atoms. The van der Waals surface area contributed by atoms with Crippen LogP contribution in [0.3, 0.4) is 0 Å². The number of piperidine rings is 1. The summed E-state index contributed by atoms with van der Waals surface area (Å²) in [4.78, 5) is 27.0. The molecule has 1 saturated heterocycles. The van der Waals surface area contributed by atoms with E-state index in [2.05, 4.69) is 27.5 Å². The van der Waals surface area contributed by atoms with Crippen molar-refractivity contribution >= 4 is 41.4 Å². The van der Waals surface area contributed by atoms with Gasteiger partial charge in [-0.25, -0.2) is 4.39 Å². The van der Waals surface area contributed by atoms with E-state index in [9.17, 15) is 19.1 Å². The molecule has 0 saturated carbocycles. The number of rotatable bonds is 2. The minimum atomic E-state index is -1.18. The molecule has 0 aliphatic carbocycles. The second-order valence-electron chi connectivity index (χ2n) is 7.29. The predicted molar refractivity (Wildman–Crippen MR) is 115 cm³/mol. The molecule has 0 spiro atoms. The average Bonchev–Trinajstić information content (AvgIpc) is 3.27. The number of halogens is 2. The second-order valence-corrected chi connectivity index (χ2v) is 7.29. The first-order chi connectivity index (χ1) is 13.9. The molecular weight excluding hydrogens is 409 g/mol. The van der Waals surface area contributed by atoms with Gasteiger partial charge < -0.3 is 20.7 Å². The van der Waals surface area contributed by atoms with Crippen LogP contribution in [0.1, 0.15) is 46.9 Å². The fourth-order valence-electron chi connectivity index (χ4n) is 3.52. The number of aliphatic hydroxyl groups is 1. The van der Waals surface area contributed by atoms with Gasteiger partial charge in [0.15, 0.2) is 5.78 Å². The van der Waals surface area contributed by atoms with Crippen LogP contribution in [0.15, 0.2) is 24.4 Å². The summed E-state index contributed by atoms with van der Waals surface area (Å²) < 4.78 is 14.7. The van der Waals surface area contributed by atoms with Crippen LogP contribution in [0.2, 0.25) is 0 Å². The number of benzene rings is 1. The summed E-state index contributed by atoms with van der Waals surface area (Å²) in [6.07, 6.45) is 4.03. The molecule has 156 valence electrons. The number of nitrogens with one attached hydrogen (secondary N) is 3. The highest BCUT2D eigenvalue weighted by atomic mass is 35.5. The average molecular weight is 430 g/mol. The number of aromatic amines is 1. The third kappa shape index (κ3) is 4.17. The van der Waals surface area contributed by atoms with Gasteiger partial charge >= 0.3 is 0 Å². The molecule has 3 heterocycles. The molecule has 6 nitrogen and oxygen atoms in total. The summed E-state index contributed by atoms with van der Waals surface area (Å²) in [7, 11) is 0. The Labute approximate surface area is 179 Å². The van der Waals surface area contributed by atoms with Gasteiger partial charge in [-0.05, 0) is 57.1 Å². The monoisotopic (exact) mass is 429 g/mol. The van der Waals surface area contributed by atoms with Crippen LogP contribution in [-0.4, -0.2) is 40.5 Å². The number of ketones is 1. The number of hydrogen-bond donors (Lipinski definition) is 4. The van der Waals surface area contributed by atoms with Crippen molar-refractivity contribution in [2.24, 2.45) is 0 Å². The number of anilines is 1. The van der Waals surface area contributed by atoms with Crippen molar-refractivity contribution in [2.75, 3.05) is 18.4 Å². The van der Waals surface area contributed by atoms with Crippen molar-refractivity contribution in [3.05, 3.63) is 52.6 Å². The van der Waals surface area contributed by atoms with Gasteiger partial charge in [-0.3, -0.25) is 9.59 Å². The van der Waals surface area contributed by atoms with Crippen LogP contribution in [-0.2, 0) is 4.79 Å². The van der Waals surface area contributed by atoms with E-state index in [1.807, 2.05) is 0 Å². The van der Waals surface area contributed by atoms with Crippen LogP contribution in [0.25, 0.3) is 11.6 Å². The number of carbonyl (C=O) groups excluding carboxylic acids is 2. The second kappa shape index (κ2) is 8.44. The molecule has 2 aliphatic rings. The number of aromatic nitrogens is 1. The molecule has 4 N–H and O–H groups in total. The van der Waals surface area contributed by atoms with Crippen molar-refractivity contribution in [3.8, 4) is 11.8 Å². The van der Waals surface area contributed by atoms with Gasteiger partial charge in [0.05, 0.1) is 16.8 Å². The Morgan fingerprint density at radius 2 is 2.03 bits per heavy atom. The zero-order chi connectivity index (χ0) is 20.6. The number of amides is 1. The first-order valence-electron chi connectivity index (χ1n) is 9.38. The van der Waals surface area contributed by atoms with Crippen molar-refractivity contribution in [3.63, 3.8) is 0 Å². The maximum absolute atomic E-state index is 14.7. The van der Waals surface area contributed by atoms with Crippen LogP contribution in [0, 0.1) is 17.7 Å². The zero-order valence-electron chi connectivity index (χ0n) is 16.3. The minimum absolute atomic E-state index is 0. The predicted octanol–water partition coefficient (Wildman–Crippen LogP) is 2.74. The lowest BCUT2D eigenvalue weighted by atomic mass is 9.92. The SMILES string of the molecule is CC(=O)c1c[nH]c(/C=C2\C(=O)Nc3ccc(F)c(C#CC4(O)CCNCC4)c32)c1.Cl. The standard InChI is InChI=1S/C22H20FN3O3.ClH/c1-13(27)14-10-15(25-12-14)11-17-20-16(4-5-22(29)6-8-24-9-7-22)18(23)2-3-19(20)26-21(17)28;/h2-3,10-12,24-25,29H,6-9H2,1H3,(H,26,28);1H/b17-11-;. The van der Waals surface area contributed by atoms with Gasteiger partial charge in [0.2, 0.25) is 0 Å². The maximum Gasteiger partial charge on any atom is 0.256 e. The quantitative estimate of drug-likeness (QED) is 0.335. The molecule has 0 bridgehead atoms. The van der Waals surface area contributed by atoms with Gasteiger partial charge in [-0.15, -0.1) is 12.4 Å². The van der Waals surface area contributed by atoms with Gasteiger partial charge in [0.25, 0.3) is 5.91 Å². The Morgan fingerprint density at radius 3 is 2.70 bits per heavy atom. The van der Waals surface area contributed by atoms with E-state index in [4.69, 9.17) is 0 Å². The smallest absolute Gasteiger partial charge is 0.256 e. The molecule has 1 amide bonds. The molecule has 0 radical (unpaired) electrons. The molecule has 1 aromatic carbocycles. The largest absolute Gasteiger partial charge is 0.377 e. The first kappa shape index (κ1) is 21.8.